The first kappa shape index (κ1) is 22.7. The van der Waals surface area contributed by atoms with Crippen molar-refractivity contribution in [2.24, 2.45) is 11.1 Å². The number of hydrogen-bond acceptors (Lipinski definition) is 5. The normalized spacial score (nSPS) is 30.4. The van der Waals surface area contributed by atoms with Crippen molar-refractivity contribution < 1.29 is 19.1 Å². The molecule has 0 atom stereocenters. The summed E-state index contributed by atoms with van der Waals surface area (Å²) in [6, 6.07) is 1.08. The number of hydrogen-bond donors (Lipinski definition) is 1. The third-order valence-corrected chi connectivity index (χ3v) is 8.64. The van der Waals surface area contributed by atoms with E-state index in [1.165, 1.54) is 4.90 Å². The summed E-state index contributed by atoms with van der Waals surface area (Å²) in [5.74, 6) is -0.102. The molecule has 3 aliphatic rings. The van der Waals surface area contributed by atoms with E-state index in [0.29, 0.717) is 39.2 Å². The smallest absolute Gasteiger partial charge is 0.329 e. The highest BCUT2D eigenvalue weighted by Gasteiger charge is 2.58. The van der Waals surface area contributed by atoms with Crippen LogP contribution < -0.4 is 5.73 Å². The fourth-order valence-electron chi connectivity index (χ4n) is 4.72. The Balaban J connectivity index is 1.73. The van der Waals surface area contributed by atoms with E-state index in [4.69, 9.17) is 15.2 Å². The van der Waals surface area contributed by atoms with Gasteiger partial charge in [-0.2, -0.15) is 0 Å². The Morgan fingerprint density at radius 2 is 1.76 bits per heavy atom. The summed E-state index contributed by atoms with van der Waals surface area (Å²) >= 11 is 0. The topological polar surface area (TPSA) is 85.1 Å². The Kier molecular flexibility index (Phi) is 6.77. The lowest BCUT2D eigenvalue weighted by atomic mass is 9.73. The molecule has 0 aromatic carbocycles. The monoisotopic (exact) mass is 425 g/mol. The maximum Gasteiger partial charge on any atom is 0.329 e. The molecule has 0 radical (unpaired) electrons. The predicted molar refractivity (Wildman–Crippen MR) is 115 cm³/mol. The number of rotatable bonds is 7. The number of ether oxygens (including phenoxy) is 2. The fourth-order valence-corrected chi connectivity index (χ4v) is 5.48. The SMILES string of the molecule is CC1(CN2C(=O)N(COCC[Si](C)(C)C)C(=O)C23CCOCC3)CCC(N)CC1. The van der Waals surface area contributed by atoms with Crippen molar-refractivity contribution in [1.29, 1.82) is 0 Å². The van der Waals surface area contributed by atoms with E-state index < -0.39 is 13.6 Å². The van der Waals surface area contributed by atoms with Gasteiger partial charge in [0.05, 0.1) is 0 Å². The molecule has 0 bridgehead atoms. The molecule has 2 N–H and O–H groups in total. The second-order valence-electron chi connectivity index (χ2n) is 10.7. The molecule has 0 aromatic heterocycles. The summed E-state index contributed by atoms with van der Waals surface area (Å²) in [4.78, 5) is 30.0. The van der Waals surface area contributed by atoms with Crippen LogP contribution in [-0.4, -0.2) is 74.5 Å². The molecular formula is C21H39N3O4Si. The molecule has 2 heterocycles. The second-order valence-corrected chi connectivity index (χ2v) is 16.4. The van der Waals surface area contributed by atoms with Gasteiger partial charge in [-0.15, -0.1) is 0 Å². The first-order chi connectivity index (χ1) is 13.6. The maximum absolute atomic E-state index is 13.4. The van der Waals surface area contributed by atoms with Crippen molar-refractivity contribution in [2.45, 2.75) is 82.7 Å². The first-order valence-electron chi connectivity index (χ1n) is 11.1. The van der Waals surface area contributed by atoms with Crippen LogP contribution in [0.25, 0.3) is 0 Å². The standard InChI is InChI=1S/C21H39N3O4Si/c1-20(7-5-17(22)6-8-20)15-24-19(26)23(16-28-13-14-29(2,3)4)18(25)21(24)9-11-27-12-10-21/h17H,5-16,22H2,1-4H3. The third-order valence-electron chi connectivity index (χ3n) is 6.94. The molecule has 2 saturated heterocycles. The van der Waals surface area contributed by atoms with E-state index in [0.717, 1.165) is 31.7 Å². The molecule has 2 aliphatic heterocycles. The van der Waals surface area contributed by atoms with E-state index >= 15 is 0 Å². The van der Waals surface area contributed by atoms with Crippen molar-refractivity contribution in [3.8, 4) is 0 Å². The van der Waals surface area contributed by atoms with Crippen LogP contribution >= 0.6 is 0 Å². The van der Waals surface area contributed by atoms with E-state index in [9.17, 15) is 9.59 Å². The van der Waals surface area contributed by atoms with Crippen LogP contribution in [0, 0.1) is 5.41 Å². The Labute approximate surface area is 176 Å². The van der Waals surface area contributed by atoms with Gasteiger partial charge in [-0.05, 0) is 37.1 Å². The molecular weight excluding hydrogens is 386 g/mol. The zero-order valence-corrected chi connectivity index (χ0v) is 19.7. The van der Waals surface area contributed by atoms with E-state index in [-0.39, 0.29) is 30.1 Å². The number of nitrogens with zero attached hydrogens (tertiary/aromatic N) is 2. The van der Waals surface area contributed by atoms with Crippen molar-refractivity contribution >= 4 is 20.0 Å². The largest absolute Gasteiger partial charge is 0.381 e. The zero-order valence-electron chi connectivity index (χ0n) is 18.7. The van der Waals surface area contributed by atoms with Gasteiger partial charge < -0.3 is 20.1 Å². The summed E-state index contributed by atoms with van der Waals surface area (Å²) in [5, 5.41) is 0. The molecule has 166 valence electrons. The molecule has 3 fully saturated rings. The van der Waals surface area contributed by atoms with E-state index in [1.54, 1.807) is 0 Å². The Morgan fingerprint density at radius 3 is 2.34 bits per heavy atom. The van der Waals surface area contributed by atoms with Crippen molar-refractivity contribution in [3.63, 3.8) is 0 Å². The van der Waals surface area contributed by atoms with Gasteiger partial charge in [-0.3, -0.25) is 4.79 Å². The quantitative estimate of drug-likeness (QED) is 0.385. The van der Waals surface area contributed by atoms with Gasteiger partial charge in [0, 0.05) is 53.3 Å². The number of urea groups is 1. The molecule has 1 spiro atoms. The average Bonchev–Trinajstić information content (AvgIpc) is 2.83. The summed E-state index contributed by atoms with van der Waals surface area (Å²) in [5.41, 5.74) is 5.34. The highest BCUT2D eigenvalue weighted by molar-refractivity contribution is 6.76. The van der Waals surface area contributed by atoms with Crippen LogP contribution in [0.3, 0.4) is 0 Å². The Bertz CT molecular complexity index is 608. The number of nitrogens with two attached hydrogens (primary N) is 1. The van der Waals surface area contributed by atoms with Gasteiger partial charge in [-0.1, -0.05) is 26.6 Å². The van der Waals surface area contributed by atoms with Crippen LogP contribution in [0.15, 0.2) is 0 Å². The van der Waals surface area contributed by atoms with Gasteiger partial charge in [0.25, 0.3) is 5.91 Å². The minimum Gasteiger partial charge on any atom is -0.381 e. The third kappa shape index (κ3) is 5.03. The fraction of sp³-hybridized carbons (Fsp3) is 0.905. The average molecular weight is 426 g/mol. The molecule has 8 heteroatoms. The summed E-state index contributed by atoms with van der Waals surface area (Å²) in [6.07, 6.45) is 5.08. The van der Waals surface area contributed by atoms with Gasteiger partial charge in [0.1, 0.15) is 12.3 Å². The molecule has 0 aromatic rings. The van der Waals surface area contributed by atoms with Gasteiger partial charge in [-0.25, -0.2) is 9.69 Å². The van der Waals surface area contributed by atoms with Gasteiger partial charge in [0.2, 0.25) is 0 Å². The van der Waals surface area contributed by atoms with Crippen molar-refractivity contribution in [3.05, 3.63) is 0 Å². The summed E-state index contributed by atoms with van der Waals surface area (Å²) in [6.45, 7) is 11.4. The second kappa shape index (κ2) is 8.65. The molecule has 1 aliphatic carbocycles. The Morgan fingerprint density at radius 1 is 1.14 bits per heavy atom. The van der Waals surface area contributed by atoms with Crippen LogP contribution in [0.5, 0.6) is 0 Å². The van der Waals surface area contributed by atoms with Crippen molar-refractivity contribution in [2.75, 3.05) is 33.1 Å². The minimum atomic E-state index is -1.22. The number of imide groups is 1. The van der Waals surface area contributed by atoms with Gasteiger partial charge >= 0.3 is 6.03 Å². The van der Waals surface area contributed by atoms with Crippen LogP contribution in [-0.2, 0) is 14.3 Å². The molecule has 3 amide bonds. The van der Waals surface area contributed by atoms with E-state index in [2.05, 4.69) is 26.6 Å². The first-order valence-corrected chi connectivity index (χ1v) is 14.8. The number of carbonyl (C=O) groups is 2. The zero-order chi connectivity index (χ0) is 21.3. The van der Waals surface area contributed by atoms with Crippen LogP contribution in [0.4, 0.5) is 4.79 Å². The highest BCUT2D eigenvalue weighted by atomic mass is 28.3. The highest BCUT2D eigenvalue weighted by Crippen LogP contribution is 2.43. The minimum absolute atomic E-state index is 0.00577. The summed E-state index contributed by atoms with van der Waals surface area (Å²) in [7, 11) is -1.22. The molecule has 0 unspecified atom stereocenters. The lowest BCUT2D eigenvalue weighted by Gasteiger charge is -2.44. The lowest BCUT2D eigenvalue weighted by Crippen LogP contribution is -2.56. The number of amides is 3. The maximum atomic E-state index is 13.4. The van der Waals surface area contributed by atoms with Crippen LogP contribution in [0.1, 0.15) is 45.4 Å². The molecule has 7 nitrogen and oxygen atoms in total. The number of carbonyl (C=O) groups excluding carboxylic acids is 2. The molecule has 1 saturated carbocycles. The lowest BCUT2D eigenvalue weighted by molar-refractivity contribution is -0.141. The van der Waals surface area contributed by atoms with Gasteiger partial charge in [0.15, 0.2) is 0 Å². The van der Waals surface area contributed by atoms with Crippen molar-refractivity contribution in [1.82, 2.24) is 9.80 Å². The van der Waals surface area contributed by atoms with Crippen LogP contribution in [0.2, 0.25) is 25.7 Å². The predicted octanol–water partition coefficient (Wildman–Crippen LogP) is 3.02. The molecule has 29 heavy (non-hydrogen) atoms. The molecule has 3 rings (SSSR count). The van der Waals surface area contributed by atoms with E-state index in [1.807, 2.05) is 4.90 Å². The summed E-state index contributed by atoms with van der Waals surface area (Å²) < 4.78 is 11.3. The Hall–Kier alpha value is -0.963.